The van der Waals surface area contributed by atoms with Crippen LogP contribution >= 0.6 is 0 Å². The van der Waals surface area contributed by atoms with Gasteiger partial charge in [0, 0.05) is 51.7 Å². The van der Waals surface area contributed by atoms with Crippen molar-refractivity contribution in [1.82, 2.24) is 24.7 Å². The smallest absolute Gasteiger partial charge is 0.193 e. The molecule has 0 amide bonds. The number of piperidine rings is 1. The van der Waals surface area contributed by atoms with Crippen molar-refractivity contribution in [2.45, 2.75) is 45.7 Å². The third kappa shape index (κ3) is 4.72. The van der Waals surface area contributed by atoms with Crippen LogP contribution in [-0.4, -0.2) is 71.6 Å². The number of hydrogen-bond acceptors (Lipinski definition) is 3. The van der Waals surface area contributed by atoms with E-state index in [9.17, 15) is 0 Å². The molecule has 3 unspecified atom stereocenters. The maximum absolute atomic E-state index is 4.50. The minimum Gasteiger partial charge on any atom is -0.355 e. The summed E-state index contributed by atoms with van der Waals surface area (Å²) in [6.07, 6.45) is 8.23. The Morgan fingerprint density at radius 1 is 1.50 bits per heavy atom. The standard InChI is InChI=1S/C18H34N6/c1-6-16(3)22(5)11-9-21-18(19-4)23-10-7-15(2)17(13-23)24-12-8-20-14-24/h8,12,14-17H,6-7,9-11,13H2,1-5H3,(H,19,21). The Kier molecular flexibility index (Phi) is 7.09. The normalized spacial score (nSPS) is 23.6. The van der Waals surface area contributed by atoms with E-state index in [0.717, 1.165) is 32.1 Å². The van der Waals surface area contributed by atoms with Crippen LogP contribution in [0.25, 0.3) is 0 Å². The summed E-state index contributed by atoms with van der Waals surface area (Å²) in [5, 5.41) is 3.54. The second-order valence-corrected chi connectivity index (χ2v) is 7.00. The highest BCUT2D eigenvalue weighted by Gasteiger charge is 2.28. The molecular weight excluding hydrogens is 300 g/mol. The first kappa shape index (κ1) is 18.8. The molecule has 1 fully saturated rings. The van der Waals surface area contributed by atoms with Gasteiger partial charge >= 0.3 is 0 Å². The molecule has 24 heavy (non-hydrogen) atoms. The van der Waals surface area contributed by atoms with Gasteiger partial charge in [-0.2, -0.15) is 0 Å². The highest BCUT2D eigenvalue weighted by Crippen LogP contribution is 2.27. The van der Waals surface area contributed by atoms with Gasteiger partial charge in [0.25, 0.3) is 0 Å². The fraction of sp³-hybridized carbons (Fsp3) is 0.778. The molecule has 1 aromatic rings. The summed E-state index contributed by atoms with van der Waals surface area (Å²) in [6.45, 7) is 10.8. The number of nitrogens with one attached hydrogen (secondary N) is 1. The van der Waals surface area contributed by atoms with E-state index in [-0.39, 0.29) is 0 Å². The number of aromatic nitrogens is 2. The predicted molar refractivity (Wildman–Crippen MR) is 100 cm³/mol. The van der Waals surface area contributed by atoms with Crippen molar-refractivity contribution in [3.8, 4) is 0 Å². The number of guanidine groups is 1. The van der Waals surface area contributed by atoms with Crippen LogP contribution in [0.2, 0.25) is 0 Å². The van der Waals surface area contributed by atoms with Gasteiger partial charge in [-0.3, -0.25) is 4.99 Å². The van der Waals surface area contributed by atoms with Crippen LogP contribution < -0.4 is 5.32 Å². The lowest BCUT2D eigenvalue weighted by Crippen LogP contribution is -2.50. The predicted octanol–water partition coefficient (Wildman–Crippen LogP) is 2.07. The summed E-state index contributed by atoms with van der Waals surface area (Å²) in [5.74, 6) is 1.68. The van der Waals surface area contributed by atoms with Gasteiger partial charge in [0.1, 0.15) is 0 Å². The number of aliphatic imine (C=N–C) groups is 1. The van der Waals surface area contributed by atoms with Crippen molar-refractivity contribution in [2.75, 3.05) is 40.3 Å². The highest BCUT2D eigenvalue weighted by atomic mass is 15.3. The summed E-state index contributed by atoms with van der Waals surface area (Å²) >= 11 is 0. The van der Waals surface area contributed by atoms with Crippen LogP contribution in [0.5, 0.6) is 0 Å². The van der Waals surface area contributed by atoms with Gasteiger partial charge in [0.2, 0.25) is 0 Å². The quantitative estimate of drug-likeness (QED) is 0.639. The van der Waals surface area contributed by atoms with E-state index in [1.807, 2.05) is 19.6 Å². The van der Waals surface area contributed by atoms with Crippen LogP contribution in [0, 0.1) is 5.92 Å². The lowest BCUT2D eigenvalue weighted by molar-refractivity contribution is 0.188. The molecule has 1 saturated heterocycles. The number of rotatable bonds is 6. The second kappa shape index (κ2) is 9.06. The minimum absolute atomic E-state index is 0.461. The number of hydrogen-bond donors (Lipinski definition) is 1. The maximum atomic E-state index is 4.50. The molecule has 6 heteroatoms. The number of likely N-dealkylation sites (N-methyl/N-ethyl adjacent to an activating group) is 1. The van der Waals surface area contributed by atoms with Gasteiger partial charge in [-0.25, -0.2) is 4.98 Å². The zero-order valence-electron chi connectivity index (χ0n) is 15.9. The van der Waals surface area contributed by atoms with Crippen molar-refractivity contribution >= 4 is 5.96 Å². The molecule has 0 saturated carbocycles. The van der Waals surface area contributed by atoms with E-state index in [2.05, 4.69) is 63.7 Å². The van der Waals surface area contributed by atoms with Crippen molar-refractivity contribution in [1.29, 1.82) is 0 Å². The second-order valence-electron chi connectivity index (χ2n) is 7.00. The average Bonchev–Trinajstić information content (AvgIpc) is 3.13. The van der Waals surface area contributed by atoms with Gasteiger partial charge < -0.3 is 19.7 Å². The summed E-state index contributed by atoms with van der Waals surface area (Å²) in [7, 11) is 4.07. The molecule has 0 radical (unpaired) electrons. The molecule has 0 aromatic carbocycles. The number of nitrogens with zero attached hydrogens (tertiary/aromatic N) is 5. The molecular formula is C18H34N6. The minimum atomic E-state index is 0.461. The average molecular weight is 335 g/mol. The lowest BCUT2D eigenvalue weighted by atomic mass is 9.93. The van der Waals surface area contributed by atoms with Crippen LogP contribution in [0.4, 0.5) is 0 Å². The Balaban J connectivity index is 1.88. The molecule has 1 N–H and O–H groups in total. The van der Waals surface area contributed by atoms with Gasteiger partial charge in [-0.15, -0.1) is 0 Å². The van der Waals surface area contributed by atoms with Crippen LogP contribution in [0.1, 0.15) is 39.7 Å². The summed E-state index contributed by atoms with van der Waals surface area (Å²) < 4.78 is 2.24. The Hall–Kier alpha value is -1.56. The van der Waals surface area contributed by atoms with E-state index >= 15 is 0 Å². The first-order chi connectivity index (χ1) is 11.6. The Morgan fingerprint density at radius 2 is 2.29 bits per heavy atom. The molecule has 1 aliphatic rings. The third-order valence-corrected chi connectivity index (χ3v) is 5.43. The molecule has 1 aromatic heterocycles. The molecule has 3 atom stereocenters. The summed E-state index contributed by atoms with van der Waals surface area (Å²) in [5.41, 5.74) is 0. The fourth-order valence-electron chi connectivity index (χ4n) is 3.30. The van der Waals surface area contributed by atoms with Crippen molar-refractivity contribution < 1.29 is 0 Å². The van der Waals surface area contributed by atoms with Crippen LogP contribution in [0.15, 0.2) is 23.7 Å². The molecule has 136 valence electrons. The molecule has 6 nitrogen and oxygen atoms in total. The van der Waals surface area contributed by atoms with Crippen molar-refractivity contribution in [3.05, 3.63) is 18.7 Å². The van der Waals surface area contributed by atoms with Gasteiger partial charge in [0.05, 0.1) is 12.4 Å². The zero-order valence-corrected chi connectivity index (χ0v) is 15.9. The summed E-state index contributed by atoms with van der Waals surface area (Å²) in [6, 6.07) is 1.08. The molecule has 0 aliphatic carbocycles. The highest BCUT2D eigenvalue weighted by molar-refractivity contribution is 5.80. The van der Waals surface area contributed by atoms with E-state index in [0.29, 0.717) is 18.0 Å². The molecule has 2 heterocycles. The van der Waals surface area contributed by atoms with Crippen LogP contribution in [0.3, 0.4) is 0 Å². The van der Waals surface area contributed by atoms with Crippen molar-refractivity contribution in [3.63, 3.8) is 0 Å². The van der Waals surface area contributed by atoms with E-state index in [1.54, 1.807) is 0 Å². The molecule has 0 bridgehead atoms. The Bertz CT molecular complexity index is 498. The van der Waals surface area contributed by atoms with E-state index in [4.69, 9.17) is 0 Å². The summed E-state index contributed by atoms with van der Waals surface area (Å²) in [4.78, 5) is 13.5. The lowest BCUT2D eigenvalue weighted by Gasteiger charge is -2.39. The van der Waals surface area contributed by atoms with Gasteiger partial charge in [0.15, 0.2) is 5.96 Å². The molecule has 0 spiro atoms. The monoisotopic (exact) mass is 334 g/mol. The van der Waals surface area contributed by atoms with Crippen LogP contribution in [-0.2, 0) is 0 Å². The SMILES string of the molecule is CCC(C)N(C)CCNC(=NC)N1CCC(C)C(n2ccnc2)C1. The first-order valence-electron chi connectivity index (χ1n) is 9.20. The van der Waals surface area contributed by atoms with E-state index < -0.39 is 0 Å². The van der Waals surface area contributed by atoms with Gasteiger partial charge in [-0.1, -0.05) is 13.8 Å². The topological polar surface area (TPSA) is 48.7 Å². The number of imidazole rings is 1. The van der Waals surface area contributed by atoms with Crippen molar-refractivity contribution in [2.24, 2.45) is 10.9 Å². The molecule has 2 rings (SSSR count). The Morgan fingerprint density at radius 3 is 2.92 bits per heavy atom. The fourth-order valence-corrected chi connectivity index (χ4v) is 3.30. The van der Waals surface area contributed by atoms with E-state index in [1.165, 1.54) is 12.8 Å². The molecule has 1 aliphatic heterocycles. The zero-order chi connectivity index (χ0) is 17.5. The maximum Gasteiger partial charge on any atom is 0.193 e. The largest absolute Gasteiger partial charge is 0.355 e. The Labute approximate surface area is 147 Å². The third-order valence-electron chi connectivity index (χ3n) is 5.43. The van der Waals surface area contributed by atoms with Gasteiger partial charge in [-0.05, 0) is 32.7 Å². The first-order valence-corrected chi connectivity index (χ1v) is 9.20. The number of likely N-dealkylation sites (tertiary alicyclic amines) is 1.